The number of amides is 4. The number of imide groups is 1. The van der Waals surface area contributed by atoms with Gasteiger partial charge in [0.2, 0.25) is 11.8 Å². The summed E-state index contributed by atoms with van der Waals surface area (Å²) in [6.07, 6.45) is 3.73. The molecular formula is C20H18N4O4. The van der Waals surface area contributed by atoms with Crippen molar-refractivity contribution in [2.24, 2.45) is 0 Å². The highest BCUT2D eigenvalue weighted by atomic mass is 16.2. The molecule has 28 heavy (non-hydrogen) atoms. The summed E-state index contributed by atoms with van der Waals surface area (Å²) >= 11 is 0. The van der Waals surface area contributed by atoms with Crippen molar-refractivity contribution >= 4 is 29.3 Å². The highest BCUT2D eigenvalue weighted by Gasteiger charge is 2.39. The van der Waals surface area contributed by atoms with Gasteiger partial charge in [0.1, 0.15) is 6.04 Å². The second kappa shape index (κ2) is 6.88. The Kier molecular flexibility index (Phi) is 4.38. The Morgan fingerprint density at radius 1 is 1.25 bits per heavy atom. The summed E-state index contributed by atoms with van der Waals surface area (Å²) < 4.78 is 0. The second-order valence-corrected chi connectivity index (χ2v) is 6.92. The SMILES string of the molecule is Cc1ccncc1NC(=O)c1ccc2c(c1)CN(C1CCC(=O)NC1=O)C2=O. The van der Waals surface area contributed by atoms with Crippen LogP contribution in [0.1, 0.15) is 44.7 Å². The zero-order chi connectivity index (χ0) is 19.8. The van der Waals surface area contributed by atoms with Gasteiger partial charge in [0, 0.05) is 30.3 Å². The van der Waals surface area contributed by atoms with Crippen LogP contribution in [0.3, 0.4) is 0 Å². The van der Waals surface area contributed by atoms with Crippen LogP contribution in [-0.2, 0) is 16.1 Å². The van der Waals surface area contributed by atoms with Gasteiger partial charge in [-0.1, -0.05) is 0 Å². The van der Waals surface area contributed by atoms with Gasteiger partial charge in [0.25, 0.3) is 11.8 Å². The van der Waals surface area contributed by atoms with Gasteiger partial charge in [-0.05, 0) is 48.7 Å². The lowest BCUT2D eigenvalue weighted by Crippen LogP contribution is -2.52. The van der Waals surface area contributed by atoms with Gasteiger partial charge >= 0.3 is 0 Å². The number of aryl methyl sites for hydroxylation is 1. The van der Waals surface area contributed by atoms with Crippen molar-refractivity contribution in [1.82, 2.24) is 15.2 Å². The second-order valence-electron chi connectivity index (χ2n) is 6.92. The minimum atomic E-state index is -0.673. The van der Waals surface area contributed by atoms with Crippen molar-refractivity contribution in [2.45, 2.75) is 32.4 Å². The minimum Gasteiger partial charge on any atom is -0.322 e. The molecule has 2 aromatic rings. The molecule has 1 unspecified atom stereocenters. The first-order chi connectivity index (χ1) is 13.4. The van der Waals surface area contributed by atoms with Gasteiger partial charge in [-0.3, -0.25) is 29.5 Å². The van der Waals surface area contributed by atoms with Gasteiger partial charge in [-0.2, -0.15) is 0 Å². The van der Waals surface area contributed by atoms with E-state index in [0.29, 0.717) is 28.8 Å². The zero-order valence-electron chi connectivity index (χ0n) is 15.2. The van der Waals surface area contributed by atoms with E-state index in [1.54, 1.807) is 36.7 Å². The molecule has 4 rings (SSSR count). The molecule has 1 saturated heterocycles. The van der Waals surface area contributed by atoms with Crippen LogP contribution in [-0.4, -0.2) is 39.6 Å². The Hall–Kier alpha value is -3.55. The molecular weight excluding hydrogens is 360 g/mol. The molecule has 0 bridgehead atoms. The molecule has 4 amide bonds. The fourth-order valence-electron chi connectivity index (χ4n) is 3.51. The number of nitrogens with one attached hydrogen (secondary N) is 2. The number of fused-ring (bicyclic) bond motifs is 1. The Bertz CT molecular complexity index is 1020. The standard InChI is InChI=1S/C20H18N4O4/c1-11-6-7-21-9-15(11)22-18(26)12-2-3-14-13(8-12)10-24(20(14)28)16-4-5-17(25)23-19(16)27/h2-3,6-9,16H,4-5,10H2,1H3,(H,22,26)(H,23,25,27). The van der Waals surface area contributed by atoms with Crippen LogP contribution >= 0.6 is 0 Å². The molecule has 142 valence electrons. The molecule has 0 aliphatic carbocycles. The smallest absolute Gasteiger partial charge is 0.255 e. The van der Waals surface area contributed by atoms with Crippen LogP contribution in [0, 0.1) is 6.92 Å². The molecule has 2 N–H and O–H groups in total. The van der Waals surface area contributed by atoms with Crippen molar-refractivity contribution in [3.63, 3.8) is 0 Å². The Morgan fingerprint density at radius 2 is 2.07 bits per heavy atom. The predicted octanol–water partition coefficient (Wildman–Crippen LogP) is 1.40. The Balaban J connectivity index is 1.54. The molecule has 8 nitrogen and oxygen atoms in total. The van der Waals surface area contributed by atoms with E-state index in [4.69, 9.17) is 0 Å². The van der Waals surface area contributed by atoms with Crippen molar-refractivity contribution in [3.05, 3.63) is 58.9 Å². The van der Waals surface area contributed by atoms with Crippen molar-refractivity contribution in [3.8, 4) is 0 Å². The van der Waals surface area contributed by atoms with Gasteiger partial charge in [-0.15, -0.1) is 0 Å². The number of carbonyl (C=O) groups is 4. The molecule has 0 radical (unpaired) electrons. The first-order valence-electron chi connectivity index (χ1n) is 8.93. The van der Waals surface area contributed by atoms with Crippen LogP contribution in [0.25, 0.3) is 0 Å². The van der Waals surface area contributed by atoms with Crippen molar-refractivity contribution in [1.29, 1.82) is 0 Å². The number of hydrogen-bond donors (Lipinski definition) is 2. The minimum absolute atomic E-state index is 0.203. The van der Waals surface area contributed by atoms with Gasteiger partial charge in [0.15, 0.2) is 0 Å². The third kappa shape index (κ3) is 3.13. The van der Waals surface area contributed by atoms with Crippen LogP contribution in [0.4, 0.5) is 5.69 Å². The first-order valence-corrected chi connectivity index (χ1v) is 8.93. The number of carbonyl (C=O) groups excluding carboxylic acids is 4. The molecule has 1 aromatic heterocycles. The molecule has 2 aliphatic rings. The van der Waals surface area contributed by atoms with E-state index < -0.39 is 11.9 Å². The maximum atomic E-state index is 12.7. The largest absolute Gasteiger partial charge is 0.322 e. The summed E-state index contributed by atoms with van der Waals surface area (Å²) in [5.74, 6) is -1.34. The lowest BCUT2D eigenvalue weighted by atomic mass is 10.0. The first kappa shape index (κ1) is 17.8. The lowest BCUT2D eigenvalue weighted by molar-refractivity contribution is -0.136. The maximum absolute atomic E-state index is 12.7. The number of aromatic nitrogens is 1. The van der Waals surface area contributed by atoms with E-state index >= 15 is 0 Å². The Labute approximate surface area is 160 Å². The number of piperidine rings is 1. The van der Waals surface area contributed by atoms with Crippen LogP contribution < -0.4 is 10.6 Å². The predicted molar refractivity (Wildman–Crippen MR) is 99.4 cm³/mol. The Morgan fingerprint density at radius 3 is 2.82 bits per heavy atom. The molecule has 2 aliphatic heterocycles. The molecule has 0 saturated carbocycles. The van der Waals surface area contributed by atoms with Crippen molar-refractivity contribution < 1.29 is 19.2 Å². The monoisotopic (exact) mass is 378 g/mol. The summed E-state index contributed by atoms with van der Waals surface area (Å²) in [4.78, 5) is 54.2. The average molecular weight is 378 g/mol. The number of pyridine rings is 1. The number of nitrogens with zero attached hydrogens (tertiary/aromatic N) is 2. The normalized spacial score (nSPS) is 18.7. The van der Waals surface area contributed by atoms with E-state index in [-0.39, 0.29) is 30.7 Å². The summed E-state index contributed by atoms with van der Waals surface area (Å²) in [6.45, 7) is 2.10. The van der Waals surface area contributed by atoms with Crippen molar-refractivity contribution in [2.75, 3.05) is 5.32 Å². The topological polar surface area (TPSA) is 108 Å². The number of rotatable bonds is 3. The fraction of sp³-hybridized carbons (Fsp3) is 0.250. The van der Waals surface area contributed by atoms with Gasteiger partial charge < -0.3 is 10.2 Å². The summed E-state index contributed by atoms with van der Waals surface area (Å²) in [5.41, 5.74) is 3.09. The molecule has 1 atom stereocenters. The molecule has 1 aromatic carbocycles. The zero-order valence-corrected chi connectivity index (χ0v) is 15.2. The molecule has 0 spiro atoms. The van der Waals surface area contributed by atoms with Crippen LogP contribution in [0.2, 0.25) is 0 Å². The number of benzene rings is 1. The quantitative estimate of drug-likeness (QED) is 0.785. The summed E-state index contributed by atoms with van der Waals surface area (Å²) in [5, 5.41) is 5.09. The number of hydrogen-bond acceptors (Lipinski definition) is 5. The van der Waals surface area contributed by atoms with Crippen LogP contribution in [0.5, 0.6) is 0 Å². The third-order valence-electron chi connectivity index (χ3n) is 5.07. The molecule has 1 fully saturated rings. The summed E-state index contributed by atoms with van der Waals surface area (Å²) in [7, 11) is 0. The third-order valence-corrected chi connectivity index (χ3v) is 5.07. The maximum Gasteiger partial charge on any atom is 0.255 e. The summed E-state index contributed by atoms with van der Waals surface area (Å²) in [6, 6.07) is 5.99. The van der Waals surface area contributed by atoms with E-state index in [9.17, 15) is 19.2 Å². The fourth-order valence-corrected chi connectivity index (χ4v) is 3.51. The average Bonchev–Trinajstić information content (AvgIpc) is 2.99. The van der Waals surface area contributed by atoms with Crippen LogP contribution in [0.15, 0.2) is 36.7 Å². The highest BCUT2D eigenvalue weighted by Crippen LogP contribution is 2.28. The number of anilines is 1. The van der Waals surface area contributed by atoms with E-state index in [2.05, 4.69) is 15.6 Å². The molecule has 3 heterocycles. The van der Waals surface area contributed by atoms with E-state index in [0.717, 1.165) is 5.56 Å². The molecule has 8 heteroatoms. The van der Waals surface area contributed by atoms with E-state index in [1.165, 1.54) is 4.90 Å². The van der Waals surface area contributed by atoms with Gasteiger partial charge in [-0.25, -0.2) is 0 Å². The highest BCUT2D eigenvalue weighted by molar-refractivity contribution is 6.08. The van der Waals surface area contributed by atoms with E-state index in [1.807, 2.05) is 6.92 Å². The van der Waals surface area contributed by atoms with Gasteiger partial charge in [0.05, 0.1) is 11.9 Å². The lowest BCUT2D eigenvalue weighted by Gasteiger charge is -2.29.